The summed E-state index contributed by atoms with van der Waals surface area (Å²) in [7, 11) is 0. The first kappa shape index (κ1) is 18.3. The number of hydrogen-bond acceptors (Lipinski definition) is 2. The molecule has 1 atom stereocenters. The van der Waals surface area contributed by atoms with Gasteiger partial charge in [0, 0.05) is 11.6 Å². The van der Waals surface area contributed by atoms with Crippen LogP contribution in [0.25, 0.3) is 0 Å². The Morgan fingerprint density at radius 2 is 2.10 bits per heavy atom. The second kappa shape index (κ2) is 9.28. The third-order valence-electron chi connectivity index (χ3n) is 2.89. The maximum atomic E-state index is 12.1. The molecule has 1 aromatic carbocycles. The van der Waals surface area contributed by atoms with E-state index in [4.69, 9.17) is 16.3 Å². The Bertz CT molecular complexity index is 412. The molecule has 0 bridgehead atoms. The van der Waals surface area contributed by atoms with Crippen molar-refractivity contribution in [3.05, 3.63) is 34.9 Å². The minimum atomic E-state index is -4.28. The molecule has 1 N–H and O–H groups in total. The molecule has 0 aliphatic carbocycles. The zero-order valence-electron chi connectivity index (χ0n) is 12.0. The van der Waals surface area contributed by atoms with Gasteiger partial charge in [0.1, 0.15) is 6.61 Å². The normalized spacial score (nSPS) is 13.4. The second-order valence-corrected chi connectivity index (χ2v) is 5.47. The van der Waals surface area contributed by atoms with Crippen molar-refractivity contribution >= 4 is 11.6 Å². The van der Waals surface area contributed by atoms with Crippen LogP contribution in [0.1, 0.15) is 18.9 Å². The Morgan fingerprint density at radius 1 is 1.33 bits per heavy atom. The van der Waals surface area contributed by atoms with E-state index in [1.54, 1.807) is 6.07 Å². The fourth-order valence-corrected chi connectivity index (χ4v) is 2.22. The smallest absolute Gasteiger partial charge is 0.372 e. The molecule has 2 nitrogen and oxygen atoms in total. The first-order valence-electron chi connectivity index (χ1n) is 7.00. The molecule has 0 aliphatic heterocycles. The van der Waals surface area contributed by atoms with Crippen molar-refractivity contribution in [3.8, 4) is 0 Å². The summed E-state index contributed by atoms with van der Waals surface area (Å²) in [6.45, 7) is 2.37. The maximum absolute atomic E-state index is 12.1. The standard InChI is InChI=1S/C15H21ClF3NO/c1-2-6-20-9-13(10-21-11-15(17,18)19)7-12-4-3-5-14(16)8-12/h3-5,8,13,20H,2,6-7,9-11H2,1H3. The lowest BCUT2D eigenvalue weighted by atomic mass is 10.00. The van der Waals surface area contributed by atoms with Crippen LogP contribution >= 0.6 is 11.6 Å². The molecule has 0 saturated carbocycles. The SMILES string of the molecule is CCCNCC(COCC(F)(F)F)Cc1cccc(Cl)c1. The van der Waals surface area contributed by atoms with Crippen molar-refractivity contribution in [2.45, 2.75) is 25.9 Å². The van der Waals surface area contributed by atoms with Gasteiger partial charge in [0.05, 0.1) is 6.61 Å². The summed E-state index contributed by atoms with van der Waals surface area (Å²) in [4.78, 5) is 0. The van der Waals surface area contributed by atoms with Crippen LogP contribution in [0.5, 0.6) is 0 Å². The van der Waals surface area contributed by atoms with Crippen LogP contribution in [0, 0.1) is 5.92 Å². The predicted octanol–water partition coefficient (Wildman–Crippen LogP) is 4.08. The van der Waals surface area contributed by atoms with E-state index in [1.807, 2.05) is 25.1 Å². The molecular weight excluding hydrogens is 303 g/mol. The van der Waals surface area contributed by atoms with Crippen molar-refractivity contribution in [2.24, 2.45) is 5.92 Å². The number of rotatable bonds is 9. The molecule has 6 heteroatoms. The molecule has 0 fully saturated rings. The van der Waals surface area contributed by atoms with Gasteiger partial charge in [0.25, 0.3) is 0 Å². The first-order chi connectivity index (χ1) is 9.90. The molecule has 0 amide bonds. The Hall–Kier alpha value is -0.780. The van der Waals surface area contributed by atoms with Crippen LogP contribution in [0.2, 0.25) is 5.02 Å². The van der Waals surface area contributed by atoms with Crippen LogP contribution in [0.4, 0.5) is 13.2 Å². The zero-order chi connectivity index (χ0) is 15.7. The lowest BCUT2D eigenvalue weighted by Crippen LogP contribution is -2.30. The quantitative estimate of drug-likeness (QED) is 0.691. The highest BCUT2D eigenvalue weighted by Crippen LogP contribution is 2.17. The van der Waals surface area contributed by atoms with E-state index >= 15 is 0 Å². The van der Waals surface area contributed by atoms with E-state index in [9.17, 15) is 13.2 Å². The fourth-order valence-electron chi connectivity index (χ4n) is 2.01. The molecule has 0 aromatic heterocycles. The Labute approximate surface area is 128 Å². The van der Waals surface area contributed by atoms with E-state index in [1.165, 1.54) is 0 Å². The van der Waals surface area contributed by atoms with Crippen molar-refractivity contribution in [2.75, 3.05) is 26.3 Å². The van der Waals surface area contributed by atoms with Gasteiger partial charge in [-0.05, 0) is 43.0 Å². The lowest BCUT2D eigenvalue weighted by molar-refractivity contribution is -0.176. The number of alkyl halides is 3. The monoisotopic (exact) mass is 323 g/mol. The van der Waals surface area contributed by atoms with Gasteiger partial charge >= 0.3 is 6.18 Å². The van der Waals surface area contributed by atoms with Gasteiger partial charge in [-0.1, -0.05) is 30.7 Å². The Kier molecular flexibility index (Phi) is 8.07. The van der Waals surface area contributed by atoms with Crippen LogP contribution in [0.15, 0.2) is 24.3 Å². The molecule has 120 valence electrons. The molecule has 0 saturated heterocycles. The molecule has 0 spiro atoms. The van der Waals surface area contributed by atoms with Crippen molar-refractivity contribution in [1.29, 1.82) is 0 Å². The maximum Gasteiger partial charge on any atom is 0.411 e. The number of benzene rings is 1. The third kappa shape index (κ3) is 8.96. The van der Waals surface area contributed by atoms with Gasteiger partial charge in [-0.2, -0.15) is 13.2 Å². The van der Waals surface area contributed by atoms with E-state index < -0.39 is 12.8 Å². The summed E-state index contributed by atoms with van der Waals surface area (Å²) in [5, 5.41) is 3.85. The predicted molar refractivity (Wildman–Crippen MR) is 78.7 cm³/mol. The van der Waals surface area contributed by atoms with Gasteiger partial charge < -0.3 is 10.1 Å². The van der Waals surface area contributed by atoms with Gasteiger partial charge in [-0.25, -0.2) is 0 Å². The molecular formula is C15H21ClF3NO. The average molecular weight is 324 g/mol. The molecule has 0 aliphatic rings. The molecule has 1 rings (SSSR count). The van der Waals surface area contributed by atoms with Crippen LogP contribution in [0.3, 0.4) is 0 Å². The van der Waals surface area contributed by atoms with E-state index in [2.05, 4.69) is 5.32 Å². The Balaban J connectivity index is 2.50. The summed E-state index contributed by atoms with van der Waals surface area (Å²) >= 11 is 5.92. The topological polar surface area (TPSA) is 21.3 Å². The zero-order valence-corrected chi connectivity index (χ0v) is 12.8. The van der Waals surface area contributed by atoms with Crippen LogP contribution < -0.4 is 5.32 Å². The number of halogens is 4. The highest BCUT2D eigenvalue weighted by Gasteiger charge is 2.27. The Morgan fingerprint density at radius 3 is 2.71 bits per heavy atom. The van der Waals surface area contributed by atoms with Gasteiger partial charge in [-0.3, -0.25) is 0 Å². The fraction of sp³-hybridized carbons (Fsp3) is 0.600. The molecule has 21 heavy (non-hydrogen) atoms. The van der Waals surface area contributed by atoms with Gasteiger partial charge in [0.15, 0.2) is 0 Å². The van der Waals surface area contributed by atoms with E-state index in [0.29, 0.717) is 18.0 Å². The number of hydrogen-bond donors (Lipinski definition) is 1. The minimum Gasteiger partial charge on any atom is -0.372 e. The highest BCUT2D eigenvalue weighted by atomic mass is 35.5. The average Bonchev–Trinajstić information content (AvgIpc) is 2.37. The van der Waals surface area contributed by atoms with Gasteiger partial charge in [-0.15, -0.1) is 0 Å². The van der Waals surface area contributed by atoms with Crippen molar-refractivity contribution in [1.82, 2.24) is 5.32 Å². The van der Waals surface area contributed by atoms with Crippen molar-refractivity contribution in [3.63, 3.8) is 0 Å². The van der Waals surface area contributed by atoms with Crippen LogP contribution in [-0.4, -0.2) is 32.5 Å². The number of nitrogens with one attached hydrogen (secondary N) is 1. The van der Waals surface area contributed by atoms with E-state index in [0.717, 1.165) is 18.5 Å². The summed E-state index contributed by atoms with van der Waals surface area (Å²) in [5.74, 6) is -0.0163. The minimum absolute atomic E-state index is 0.0163. The number of ether oxygens (including phenoxy) is 1. The molecule has 1 aromatic rings. The summed E-state index contributed by atoms with van der Waals surface area (Å²) in [6, 6.07) is 7.36. The third-order valence-corrected chi connectivity index (χ3v) is 3.13. The summed E-state index contributed by atoms with van der Waals surface area (Å²) in [6.07, 6.45) is -2.67. The van der Waals surface area contributed by atoms with E-state index in [-0.39, 0.29) is 12.5 Å². The van der Waals surface area contributed by atoms with Crippen LogP contribution in [-0.2, 0) is 11.2 Å². The largest absolute Gasteiger partial charge is 0.411 e. The highest BCUT2D eigenvalue weighted by molar-refractivity contribution is 6.30. The van der Waals surface area contributed by atoms with Gasteiger partial charge in [0.2, 0.25) is 0 Å². The summed E-state index contributed by atoms with van der Waals surface area (Å²) < 4.78 is 41.2. The molecule has 0 heterocycles. The summed E-state index contributed by atoms with van der Waals surface area (Å²) in [5.41, 5.74) is 1.00. The second-order valence-electron chi connectivity index (χ2n) is 5.03. The molecule has 0 radical (unpaired) electrons. The molecule has 1 unspecified atom stereocenters. The first-order valence-corrected chi connectivity index (χ1v) is 7.38. The lowest BCUT2D eigenvalue weighted by Gasteiger charge is -2.18. The van der Waals surface area contributed by atoms with Crippen molar-refractivity contribution < 1.29 is 17.9 Å².